The first-order valence-electron chi connectivity index (χ1n) is 15.1. The number of carbonyl (C=O) groups is 3. The van der Waals surface area contributed by atoms with Crippen LogP contribution in [0.2, 0.25) is 10.2 Å². The normalized spacial score (nSPS) is 28.1. The van der Waals surface area contributed by atoms with Gasteiger partial charge in [0, 0.05) is 49.1 Å². The van der Waals surface area contributed by atoms with E-state index in [-0.39, 0.29) is 40.0 Å². The Hall–Kier alpha value is -2.79. The summed E-state index contributed by atoms with van der Waals surface area (Å²) >= 11 is 12.4. The molecule has 2 aromatic rings. The van der Waals surface area contributed by atoms with E-state index in [0.717, 1.165) is 44.3 Å². The van der Waals surface area contributed by atoms with Crippen molar-refractivity contribution in [3.63, 3.8) is 0 Å². The van der Waals surface area contributed by atoms with Gasteiger partial charge in [0.25, 0.3) is 0 Å². The standard InChI is InChI=1S/C25H27Cl2FN4O2.C7H13NO2/c1-23(2)7-9-24(10-8-23)25(15-5-4-13(26)12-16(15)31-22(25)34)17(19(32-24)21(33)29-3)14-6-11-30-20(27)18(14)28;1-8-7(9)6-4-2-3-5-10-6/h4-6,11-12,17,19,32H,7-10H2,1-3H3,(H,29,33)(H,31,34);6H,2-5H2,1H3,(H,8,9)/t17-,19+,25+;6-/m00/s1. The molecule has 44 heavy (non-hydrogen) atoms. The van der Waals surface area contributed by atoms with Crippen LogP contribution in [0.25, 0.3) is 0 Å². The minimum absolute atomic E-state index is 0.0136. The molecule has 2 saturated heterocycles. The van der Waals surface area contributed by atoms with Crippen molar-refractivity contribution in [2.24, 2.45) is 5.41 Å². The van der Waals surface area contributed by atoms with Crippen LogP contribution in [0.5, 0.6) is 0 Å². The smallest absolute Gasteiger partial charge is 0.248 e. The highest BCUT2D eigenvalue weighted by molar-refractivity contribution is 6.31. The van der Waals surface area contributed by atoms with Crippen LogP contribution in [0, 0.1) is 11.2 Å². The van der Waals surface area contributed by atoms with E-state index >= 15 is 4.39 Å². The summed E-state index contributed by atoms with van der Waals surface area (Å²) < 4.78 is 20.8. The number of amides is 3. The third-order valence-electron chi connectivity index (χ3n) is 9.92. The fourth-order valence-corrected chi connectivity index (χ4v) is 7.93. The number of nitrogens with zero attached hydrogens (tertiary/aromatic N) is 1. The maximum atomic E-state index is 15.6. The quantitative estimate of drug-likeness (QED) is 0.353. The number of hydrogen-bond acceptors (Lipinski definition) is 6. The second kappa shape index (κ2) is 12.5. The first-order chi connectivity index (χ1) is 20.9. The molecule has 238 valence electrons. The number of pyridine rings is 1. The number of halogens is 3. The summed E-state index contributed by atoms with van der Waals surface area (Å²) in [4.78, 5) is 42.2. The lowest BCUT2D eigenvalue weighted by Gasteiger charge is -2.50. The van der Waals surface area contributed by atoms with Crippen LogP contribution in [0.1, 0.15) is 75.8 Å². The minimum Gasteiger partial charge on any atom is -0.368 e. The van der Waals surface area contributed by atoms with Crippen LogP contribution in [-0.4, -0.2) is 61.1 Å². The van der Waals surface area contributed by atoms with E-state index in [9.17, 15) is 14.4 Å². The highest BCUT2D eigenvalue weighted by Crippen LogP contribution is 2.64. The molecule has 4 aliphatic rings. The van der Waals surface area contributed by atoms with Gasteiger partial charge in [-0.25, -0.2) is 9.37 Å². The number of nitrogens with one attached hydrogen (secondary N) is 4. The van der Waals surface area contributed by atoms with Gasteiger partial charge in [-0.3, -0.25) is 19.7 Å². The summed E-state index contributed by atoms with van der Waals surface area (Å²) in [5.74, 6) is -2.13. The predicted octanol–water partition coefficient (Wildman–Crippen LogP) is 4.86. The van der Waals surface area contributed by atoms with Crippen molar-refractivity contribution >= 4 is 46.6 Å². The molecule has 4 atom stereocenters. The van der Waals surface area contributed by atoms with Gasteiger partial charge in [-0.15, -0.1) is 0 Å². The summed E-state index contributed by atoms with van der Waals surface area (Å²) in [7, 11) is 3.18. The molecular weight excluding hydrogens is 608 g/mol. The Balaban J connectivity index is 0.000000328. The van der Waals surface area contributed by atoms with E-state index in [1.807, 2.05) is 6.07 Å². The van der Waals surface area contributed by atoms with Crippen LogP contribution in [0.3, 0.4) is 0 Å². The van der Waals surface area contributed by atoms with Gasteiger partial charge in [0.15, 0.2) is 11.0 Å². The first kappa shape index (κ1) is 32.6. The van der Waals surface area contributed by atoms with Crippen molar-refractivity contribution in [2.75, 3.05) is 26.0 Å². The van der Waals surface area contributed by atoms with Crippen LogP contribution >= 0.6 is 23.2 Å². The Bertz CT molecular complexity index is 1440. The van der Waals surface area contributed by atoms with Crippen molar-refractivity contribution < 1.29 is 23.5 Å². The van der Waals surface area contributed by atoms with Gasteiger partial charge < -0.3 is 20.7 Å². The molecule has 12 heteroatoms. The summed E-state index contributed by atoms with van der Waals surface area (Å²) in [5.41, 5.74) is -0.412. The van der Waals surface area contributed by atoms with Crippen molar-refractivity contribution in [3.05, 3.63) is 57.6 Å². The molecule has 0 unspecified atom stereocenters. The Labute approximate surface area is 267 Å². The summed E-state index contributed by atoms with van der Waals surface area (Å²) in [6, 6.07) is 5.95. The number of benzene rings is 1. The predicted molar refractivity (Wildman–Crippen MR) is 167 cm³/mol. The average molecular weight is 649 g/mol. The third kappa shape index (κ3) is 5.48. The molecule has 4 heterocycles. The molecule has 3 amide bonds. The van der Waals surface area contributed by atoms with Gasteiger partial charge in [-0.05, 0) is 79.7 Å². The molecule has 1 aliphatic carbocycles. The molecular formula is C32H40Cl2FN5O4. The summed E-state index contributed by atoms with van der Waals surface area (Å²) in [5, 5.41) is 12.1. The topological polar surface area (TPSA) is 121 Å². The Morgan fingerprint density at radius 1 is 1.05 bits per heavy atom. The fraction of sp³-hybridized carbons (Fsp3) is 0.562. The summed E-state index contributed by atoms with van der Waals surface area (Å²) in [6.45, 7) is 5.15. The second-order valence-corrected chi connectivity index (χ2v) is 13.7. The number of anilines is 1. The lowest BCUT2D eigenvalue weighted by molar-refractivity contribution is -0.134. The Morgan fingerprint density at radius 2 is 1.75 bits per heavy atom. The van der Waals surface area contributed by atoms with Gasteiger partial charge >= 0.3 is 0 Å². The van der Waals surface area contributed by atoms with Gasteiger partial charge in [-0.1, -0.05) is 43.1 Å². The minimum atomic E-state index is -1.24. The van der Waals surface area contributed by atoms with Gasteiger partial charge in [-0.2, -0.15) is 0 Å². The van der Waals surface area contributed by atoms with Crippen LogP contribution in [-0.2, 0) is 24.5 Å². The van der Waals surface area contributed by atoms with Crippen molar-refractivity contribution in [3.8, 4) is 0 Å². The number of fused-ring (bicyclic) bond motifs is 3. The molecule has 1 aromatic carbocycles. The highest BCUT2D eigenvalue weighted by atomic mass is 35.5. The van der Waals surface area contributed by atoms with Crippen molar-refractivity contribution in [1.29, 1.82) is 0 Å². The molecule has 0 bridgehead atoms. The Kier molecular flexibility index (Phi) is 9.29. The number of aromatic nitrogens is 1. The largest absolute Gasteiger partial charge is 0.368 e. The maximum absolute atomic E-state index is 15.6. The first-order valence-corrected chi connectivity index (χ1v) is 15.9. The third-order valence-corrected chi connectivity index (χ3v) is 10.4. The van der Waals surface area contributed by atoms with Crippen molar-refractivity contribution in [2.45, 2.75) is 87.8 Å². The SMILES string of the molecule is CNC(=O)[C@@H]1CCCCO1.CNC(=O)[C@@H]1NC2(CCC(C)(C)CC2)[C@@]2(C(=O)Nc3cc(Cl)ccc32)[C@H]1c1ccnc(Cl)c1F. The molecule has 1 saturated carbocycles. The van der Waals surface area contributed by atoms with Crippen LogP contribution in [0.15, 0.2) is 30.5 Å². The lowest BCUT2D eigenvalue weighted by Crippen LogP contribution is -2.61. The van der Waals surface area contributed by atoms with Gasteiger partial charge in [0.2, 0.25) is 17.7 Å². The highest BCUT2D eigenvalue weighted by Gasteiger charge is 2.72. The maximum Gasteiger partial charge on any atom is 0.248 e. The number of likely N-dealkylation sites (N-methyl/N-ethyl adjacent to an activating group) is 2. The van der Waals surface area contributed by atoms with Gasteiger partial charge in [0.05, 0.1) is 6.04 Å². The van der Waals surface area contributed by atoms with E-state index < -0.39 is 28.7 Å². The molecule has 2 spiro atoms. The fourth-order valence-electron chi connectivity index (χ4n) is 7.59. The van der Waals surface area contributed by atoms with Crippen LogP contribution in [0.4, 0.5) is 10.1 Å². The Morgan fingerprint density at radius 3 is 2.39 bits per heavy atom. The number of ether oxygens (including phenoxy) is 1. The zero-order valence-electron chi connectivity index (χ0n) is 25.5. The molecule has 9 nitrogen and oxygen atoms in total. The zero-order valence-corrected chi connectivity index (χ0v) is 27.0. The average Bonchev–Trinajstić information content (AvgIpc) is 3.47. The van der Waals surface area contributed by atoms with Crippen LogP contribution < -0.4 is 21.3 Å². The second-order valence-electron chi connectivity index (χ2n) is 12.9. The summed E-state index contributed by atoms with van der Waals surface area (Å²) in [6.07, 6.45) is 7.32. The number of carbonyl (C=O) groups excluding carboxylic acids is 3. The van der Waals surface area contributed by atoms with E-state index in [2.05, 4.69) is 40.1 Å². The lowest BCUT2D eigenvalue weighted by atomic mass is 9.53. The zero-order chi connectivity index (χ0) is 31.9. The molecule has 4 N–H and O–H groups in total. The van der Waals surface area contributed by atoms with E-state index in [1.165, 1.54) is 12.3 Å². The molecule has 3 aliphatic heterocycles. The molecule has 1 aromatic heterocycles. The van der Waals surface area contributed by atoms with Crippen molar-refractivity contribution in [1.82, 2.24) is 20.9 Å². The monoisotopic (exact) mass is 647 g/mol. The van der Waals surface area contributed by atoms with E-state index in [1.54, 1.807) is 26.2 Å². The number of rotatable bonds is 3. The number of hydrogen-bond donors (Lipinski definition) is 4. The molecule has 0 radical (unpaired) electrons. The molecule has 6 rings (SSSR count). The van der Waals surface area contributed by atoms with E-state index in [0.29, 0.717) is 23.6 Å². The van der Waals surface area contributed by atoms with Gasteiger partial charge in [0.1, 0.15) is 11.5 Å². The molecule has 3 fully saturated rings. The van der Waals surface area contributed by atoms with E-state index in [4.69, 9.17) is 27.9 Å².